The zero-order chi connectivity index (χ0) is 14.5. The van der Waals surface area contributed by atoms with Gasteiger partial charge in [-0.1, -0.05) is 19.1 Å². The number of nitrogens with one attached hydrogen (secondary N) is 1. The molecule has 0 aliphatic carbocycles. The predicted molar refractivity (Wildman–Crippen MR) is 77.7 cm³/mol. The van der Waals surface area contributed by atoms with Gasteiger partial charge in [-0.3, -0.25) is 0 Å². The molecule has 0 fully saturated rings. The van der Waals surface area contributed by atoms with Crippen LogP contribution in [0.15, 0.2) is 24.3 Å². The Balaban J connectivity index is 2.58. The zero-order valence-corrected chi connectivity index (χ0v) is 12.9. The van der Waals surface area contributed by atoms with Crippen LogP contribution in [0.4, 0.5) is 0 Å². The third kappa shape index (κ3) is 6.59. The molecule has 5 heteroatoms. The summed E-state index contributed by atoms with van der Waals surface area (Å²) in [5.74, 6) is 0.950. The average molecular weight is 285 g/mol. The summed E-state index contributed by atoms with van der Waals surface area (Å²) in [5.41, 5.74) is 0.686. The highest BCUT2D eigenvalue weighted by Crippen LogP contribution is 2.18. The molecular formula is C14H23NO3S. The van der Waals surface area contributed by atoms with Gasteiger partial charge in [0, 0.05) is 6.54 Å². The first kappa shape index (κ1) is 16.0. The highest BCUT2D eigenvalue weighted by molar-refractivity contribution is 7.89. The van der Waals surface area contributed by atoms with E-state index in [0.29, 0.717) is 13.0 Å². The molecule has 0 saturated carbocycles. The van der Waals surface area contributed by atoms with Gasteiger partial charge < -0.3 is 4.74 Å². The summed E-state index contributed by atoms with van der Waals surface area (Å²) in [5, 5.41) is 0. The number of ether oxygens (including phenoxy) is 1. The van der Waals surface area contributed by atoms with Crippen LogP contribution >= 0.6 is 0 Å². The normalized spacial score (nSPS) is 12.4. The van der Waals surface area contributed by atoms with Gasteiger partial charge >= 0.3 is 0 Å². The fraction of sp³-hybridized carbons (Fsp3) is 0.571. The Morgan fingerprint density at radius 3 is 2.21 bits per heavy atom. The Kier molecular flexibility index (Phi) is 5.38. The van der Waals surface area contributed by atoms with Gasteiger partial charge in [-0.25, -0.2) is 13.1 Å². The van der Waals surface area contributed by atoms with Gasteiger partial charge in [0.1, 0.15) is 11.4 Å². The minimum Gasteiger partial charge on any atom is -0.488 e. The summed E-state index contributed by atoms with van der Waals surface area (Å²) in [4.78, 5) is 0. The molecule has 1 aromatic rings. The van der Waals surface area contributed by atoms with E-state index in [4.69, 9.17) is 4.74 Å². The number of hydrogen-bond donors (Lipinski definition) is 1. The fourth-order valence-electron chi connectivity index (χ4n) is 1.56. The van der Waals surface area contributed by atoms with Gasteiger partial charge in [0.2, 0.25) is 10.0 Å². The summed E-state index contributed by atoms with van der Waals surface area (Å²) in [6, 6.07) is 7.45. The first-order valence-electron chi connectivity index (χ1n) is 6.47. The molecule has 0 aliphatic heterocycles. The van der Waals surface area contributed by atoms with Gasteiger partial charge in [-0.2, -0.15) is 0 Å². The maximum Gasteiger partial charge on any atom is 0.211 e. The van der Waals surface area contributed by atoms with Gasteiger partial charge in [-0.15, -0.1) is 0 Å². The van der Waals surface area contributed by atoms with Crippen molar-refractivity contribution in [1.82, 2.24) is 4.72 Å². The molecular weight excluding hydrogens is 262 g/mol. The van der Waals surface area contributed by atoms with Crippen molar-refractivity contribution in [1.29, 1.82) is 0 Å². The van der Waals surface area contributed by atoms with E-state index in [1.807, 2.05) is 52.0 Å². The molecule has 0 saturated heterocycles. The zero-order valence-electron chi connectivity index (χ0n) is 12.1. The van der Waals surface area contributed by atoms with Crippen LogP contribution in [0.1, 0.15) is 39.7 Å². The highest BCUT2D eigenvalue weighted by atomic mass is 32.2. The van der Waals surface area contributed by atoms with Crippen LogP contribution in [-0.4, -0.2) is 19.8 Å². The van der Waals surface area contributed by atoms with E-state index < -0.39 is 10.0 Å². The van der Waals surface area contributed by atoms with Crippen molar-refractivity contribution in [3.8, 4) is 5.75 Å². The van der Waals surface area contributed by atoms with Crippen molar-refractivity contribution < 1.29 is 13.2 Å². The van der Waals surface area contributed by atoms with Crippen LogP contribution in [0.5, 0.6) is 5.75 Å². The fourth-order valence-corrected chi connectivity index (χ4v) is 2.63. The summed E-state index contributed by atoms with van der Waals surface area (Å²) in [6.07, 6.45) is 0.619. The van der Waals surface area contributed by atoms with Crippen molar-refractivity contribution in [3.05, 3.63) is 29.8 Å². The molecule has 0 radical (unpaired) electrons. The average Bonchev–Trinajstić information content (AvgIpc) is 2.26. The molecule has 1 N–H and O–H groups in total. The van der Waals surface area contributed by atoms with Crippen molar-refractivity contribution in [3.63, 3.8) is 0 Å². The molecule has 0 aliphatic rings. The Morgan fingerprint density at radius 1 is 1.16 bits per heavy atom. The second-order valence-corrected chi connectivity index (χ2v) is 7.42. The molecule has 1 aromatic carbocycles. The summed E-state index contributed by atoms with van der Waals surface area (Å²) in [7, 11) is -3.15. The molecule has 1 rings (SSSR count). The quantitative estimate of drug-likeness (QED) is 0.874. The number of sulfonamides is 1. The predicted octanol–water partition coefficient (Wildman–Crippen LogP) is 2.69. The first-order valence-corrected chi connectivity index (χ1v) is 8.12. The molecule has 0 atom stereocenters. The summed E-state index contributed by atoms with van der Waals surface area (Å²) >= 11 is 0. The van der Waals surface area contributed by atoms with E-state index in [-0.39, 0.29) is 11.4 Å². The lowest BCUT2D eigenvalue weighted by Crippen LogP contribution is -2.25. The topological polar surface area (TPSA) is 55.4 Å². The minimum absolute atomic E-state index is 0.165. The maximum absolute atomic E-state index is 11.5. The van der Waals surface area contributed by atoms with E-state index in [0.717, 1.165) is 11.3 Å². The molecule has 0 heterocycles. The monoisotopic (exact) mass is 285 g/mol. The largest absolute Gasteiger partial charge is 0.488 e. The number of benzene rings is 1. The Bertz CT molecular complexity index is 486. The number of hydrogen-bond acceptors (Lipinski definition) is 3. The second-order valence-electron chi connectivity index (χ2n) is 5.50. The molecule has 0 unspecified atom stereocenters. The van der Waals surface area contributed by atoms with Gasteiger partial charge in [0.25, 0.3) is 0 Å². The van der Waals surface area contributed by atoms with Crippen molar-refractivity contribution in [2.45, 2.75) is 46.3 Å². The number of rotatable bonds is 6. The van der Waals surface area contributed by atoms with Crippen LogP contribution < -0.4 is 9.46 Å². The lowest BCUT2D eigenvalue weighted by molar-refractivity contribution is 0.131. The third-order valence-corrected chi connectivity index (χ3v) is 3.85. The highest BCUT2D eigenvalue weighted by Gasteiger charge is 2.12. The molecule has 4 nitrogen and oxygen atoms in total. The standard InChI is InChI=1S/C14H23NO3S/c1-5-10-19(16,17)15-11-12-6-8-13(9-7-12)18-14(2,3)4/h6-9,15H,5,10-11H2,1-4H3. The van der Waals surface area contributed by atoms with E-state index in [9.17, 15) is 8.42 Å². The third-order valence-electron chi connectivity index (χ3n) is 2.32. The minimum atomic E-state index is -3.15. The van der Waals surface area contributed by atoms with Crippen LogP contribution in [0.3, 0.4) is 0 Å². The smallest absolute Gasteiger partial charge is 0.211 e. The Morgan fingerprint density at radius 2 is 1.74 bits per heavy atom. The molecule has 0 spiro atoms. The van der Waals surface area contributed by atoms with Crippen LogP contribution in [0, 0.1) is 0 Å². The van der Waals surface area contributed by atoms with Gasteiger partial charge in [0.15, 0.2) is 0 Å². The molecule has 0 amide bonds. The lowest BCUT2D eigenvalue weighted by Gasteiger charge is -2.21. The molecule has 0 bridgehead atoms. The van der Waals surface area contributed by atoms with E-state index in [1.165, 1.54) is 0 Å². The molecule has 19 heavy (non-hydrogen) atoms. The lowest BCUT2D eigenvalue weighted by atomic mass is 10.2. The van der Waals surface area contributed by atoms with Gasteiger partial charge in [-0.05, 0) is 44.9 Å². The van der Waals surface area contributed by atoms with Crippen LogP contribution in [-0.2, 0) is 16.6 Å². The summed E-state index contributed by atoms with van der Waals surface area (Å²) < 4.78 is 31.3. The molecule has 0 aromatic heterocycles. The Hall–Kier alpha value is -1.07. The van der Waals surface area contributed by atoms with Crippen LogP contribution in [0.25, 0.3) is 0 Å². The van der Waals surface area contributed by atoms with E-state index >= 15 is 0 Å². The first-order chi connectivity index (χ1) is 8.72. The maximum atomic E-state index is 11.5. The van der Waals surface area contributed by atoms with E-state index in [2.05, 4.69) is 4.72 Å². The van der Waals surface area contributed by atoms with Gasteiger partial charge in [0.05, 0.1) is 5.75 Å². The SMILES string of the molecule is CCCS(=O)(=O)NCc1ccc(OC(C)(C)C)cc1. The van der Waals surface area contributed by atoms with Crippen molar-refractivity contribution >= 4 is 10.0 Å². The Labute approximate surface area is 116 Å². The molecule has 108 valence electrons. The van der Waals surface area contributed by atoms with Crippen molar-refractivity contribution in [2.24, 2.45) is 0 Å². The van der Waals surface area contributed by atoms with Crippen molar-refractivity contribution in [2.75, 3.05) is 5.75 Å². The summed E-state index contributed by atoms with van der Waals surface area (Å²) in [6.45, 7) is 8.12. The van der Waals surface area contributed by atoms with E-state index in [1.54, 1.807) is 0 Å². The van der Waals surface area contributed by atoms with Crippen LogP contribution in [0.2, 0.25) is 0 Å². The second kappa shape index (κ2) is 6.39.